The quantitative estimate of drug-likeness (QED) is 0.723. The van der Waals surface area contributed by atoms with Crippen LogP contribution in [-0.4, -0.2) is 67.1 Å². The molecule has 0 saturated carbocycles. The lowest BCUT2D eigenvalue weighted by molar-refractivity contribution is -0.149. The van der Waals surface area contributed by atoms with E-state index >= 15 is 0 Å². The van der Waals surface area contributed by atoms with Gasteiger partial charge in [0.1, 0.15) is 0 Å². The first-order valence-corrected chi connectivity index (χ1v) is 6.15. The lowest BCUT2D eigenvalue weighted by atomic mass is 10.2. The summed E-state index contributed by atoms with van der Waals surface area (Å²) in [6.45, 7) is 2.67. The highest BCUT2D eigenvalue weighted by atomic mass is 16.5. The number of amides is 2. The zero-order valence-electron chi connectivity index (χ0n) is 10.1. The molecule has 0 bridgehead atoms. The van der Waals surface area contributed by atoms with Gasteiger partial charge in [0, 0.05) is 19.6 Å². The maximum absolute atomic E-state index is 11.8. The summed E-state index contributed by atoms with van der Waals surface area (Å²) < 4.78 is 10.5. The Bertz CT molecular complexity index is 317. The van der Waals surface area contributed by atoms with E-state index in [-0.39, 0.29) is 12.1 Å². The Morgan fingerprint density at radius 1 is 1.28 bits per heavy atom. The number of carboxylic acids is 1. The van der Waals surface area contributed by atoms with Gasteiger partial charge in [0.25, 0.3) is 0 Å². The molecule has 2 atom stereocenters. The van der Waals surface area contributed by atoms with Crippen LogP contribution in [0.25, 0.3) is 0 Å². The minimum Gasteiger partial charge on any atom is -0.479 e. The van der Waals surface area contributed by atoms with E-state index in [2.05, 4.69) is 5.32 Å². The van der Waals surface area contributed by atoms with Crippen LogP contribution in [0.4, 0.5) is 4.79 Å². The van der Waals surface area contributed by atoms with E-state index in [1.807, 2.05) is 0 Å². The lowest BCUT2D eigenvalue weighted by Crippen LogP contribution is -2.47. The van der Waals surface area contributed by atoms with E-state index in [1.165, 1.54) is 0 Å². The van der Waals surface area contributed by atoms with Crippen molar-refractivity contribution in [3.63, 3.8) is 0 Å². The fraction of sp³-hybridized carbons (Fsp3) is 0.818. The van der Waals surface area contributed by atoms with E-state index in [0.717, 1.165) is 0 Å². The number of morpholine rings is 1. The average molecular weight is 258 g/mol. The van der Waals surface area contributed by atoms with E-state index in [1.54, 1.807) is 4.90 Å². The molecule has 18 heavy (non-hydrogen) atoms. The van der Waals surface area contributed by atoms with Gasteiger partial charge in [-0.3, -0.25) is 0 Å². The second-order valence-electron chi connectivity index (χ2n) is 4.45. The van der Waals surface area contributed by atoms with Crippen molar-refractivity contribution >= 4 is 12.0 Å². The minimum absolute atomic E-state index is 0.138. The van der Waals surface area contributed by atoms with Gasteiger partial charge in [-0.15, -0.1) is 0 Å². The predicted molar refractivity (Wildman–Crippen MR) is 61.3 cm³/mol. The number of carbonyl (C=O) groups is 2. The van der Waals surface area contributed by atoms with Gasteiger partial charge in [-0.2, -0.15) is 0 Å². The van der Waals surface area contributed by atoms with Crippen LogP contribution < -0.4 is 5.32 Å². The van der Waals surface area contributed by atoms with E-state index in [0.29, 0.717) is 45.7 Å². The standard InChI is InChI=1S/C11H18N2O5/c14-10(15)9-2-1-8(18-9)7-12-11(16)13-3-5-17-6-4-13/h8-9H,1-7H2,(H,12,16)(H,14,15). The molecule has 0 radical (unpaired) electrons. The molecule has 0 aromatic carbocycles. The highest BCUT2D eigenvalue weighted by Gasteiger charge is 2.30. The number of urea groups is 1. The fourth-order valence-corrected chi connectivity index (χ4v) is 2.12. The number of rotatable bonds is 3. The molecule has 2 heterocycles. The molecule has 2 aliphatic rings. The minimum atomic E-state index is -0.933. The Kier molecular flexibility index (Phi) is 4.38. The van der Waals surface area contributed by atoms with Gasteiger partial charge >= 0.3 is 12.0 Å². The predicted octanol–water partition coefficient (Wildman–Crippen LogP) is -0.340. The van der Waals surface area contributed by atoms with Crippen LogP contribution in [0.3, 0.4) is 0 Å². The second kappa shape index (κ2) is 6.01. The van der Waals surface area contributed by atoms with Crippen molar-refractivity contribution in [2.75, 3.05) is 32.8 Å². The zero-order chi connectivity index (χ0) is 13.0. The number of aliphatic carboxylic acids is 1. The van der Waals surface area contributed by atoms with Crippen molar-refractivity contribution in [3.05, 3.63) is 0 Å². The largest absolute Gasteiger partial charge is 0.479 e. The smallest absolute Gasteiger partial charge is 0.332 e. The molecule has 2 fully saturated rings. The average Bonchev–Trinajstić information content (AvgIpc) is 2.86. The molecule has 7 nitrogen and oxygen atoms in total. The van der Waals surface area contributed by atoms with Crippen LogP contribution in [0.5, 0.6) is 0 Å². The fourth-order valence-electron chi connectivity index (χ4n) is 2.12. The molecule has 2 unspecified atom stereocenters. The molecule has 0 aromatic heterocycles. The molecule has 7 heteroatoms. The molecule has 2 aliphatic heterocycles. The van der Waals surface area contributed by atoms with Crippen molar-refractivity contribution in [3.8, 4) is 0 Å². The normalized spacial score (nSPS) is 28.1. The maximum Gasteiger partial charge on any atom is 0.332 e. The first-order chi connectivity index (χ1) is 8.66. The SMILES string of the molecule is O=C(O)C1CCC(CNC(=O)N2CCOCC2)O1. The number of nitrogens with zero attached hydrogens (tertiary/aromatic N) is 1. The molecular weight excluding hydrogens is 240 g/mol. The number of hydrogen-bond donors (Lipinski definition) is 2. The number of ether oxygens (including phenoxy) is 2. The zero-order valence-corrected chi connectivity index (χ0v) is 10.1. The van der Waals surface area contributed by atoms with Gasteiger partial charge in [-0.05, 0) is 12.8 Å². The van der Waals surface area contributed by atoms with Gasteiger partial charge in [-0.1, -0.05) is 0 Å². The van der Waals surface area contributed by atoms with Crippen molar-refractivity contribution in [2.45, 2.75) is 25.0 Å². The van der Waals surface area contributed by atoms with Gasteiger partial charge in [-0.25, -0.2) is 9.59 Å². The number of carbonyl (C=O) groups excluding carboxylic acids is 1. The van der Waals surface area contributed by atoms with Gasteiger partial charge < -0.3 is 24.8 Å². The summed E-state index contributed by atoms with van der Waals surface area (Å²) in [5.74, 6) is -0.933. The Labute approximate surface area is 105 Å². The summed E-state index contributed by atoms with van der Waals surface area (Å²) >= 11 is 0. The highest BCUT2D eigenvalue weighted by Crippen LogP contribution is 2.19. The van der Waals surface area contributed by atoms with Gasteiger partial charge in [0.15, 0.2) is 6.10 Å². The van der Waals surface area contributed by atoms with Crippen LogP contribution in [0, 0.1) is 0 Å². The lowest BCUT2D eigenvalue weighted by Gasteiger charge is -2.27. The van der Waals surface area contributed by atoms with Crippen molar-refractivity contribution in [1.82, 2.24) is 10.2 Å². The summed E-state index contributed by atoms with van der Waals surface area (Å²) in [7, 11) is 0. The maximum atomic E-state index is 11.8. The highest BCUT2D eigenvalue weighted by molar-refractivity contribution is 5.74. The summed E-state index contributed by atoms with van der Waals surface area (Å²) in [6, 6.07) is -0.138. The molecular formula is C11H18N2O5. The van der Waals surface area contributed by atoms with Crippen molar-refractivity contribution < 1.29 is 24.2 Å². The molecule has 0 aliphatic carbocycles. The monoisotopic (exact) mass is 258 g/mol. The summed E-state index contributed by atoms with van der Waals surface area (Å²) in [6.07, 6.45) is 0.250. The molecule has 2 amide bonds. The molecule has 0 spiro atoms. The first kappa shape index (κ1) is 13.1. The van der Waals surface area contributed by atoms with E-state index < -0.39 is 12.1 Å². The second-order valence-corrected chi connectivity index (χ2v) is 4.45. The Hall–Kier alpha value is -1.34. The molecule has 2 rings (SSSR count). The summed E-state index contributed by atoms with van der Waals surface area (Å²) in [5.41, 5.74) is 0. The van der Waals surface area contributed by atoms with Crippen molar-refractivity contribution in [1.29, 1.82) is 0 Å². The molecule has 102 valence electrons. The third-order valence-electron chi connectivity index (χ3n) is 3.16. The number of nitrogens with one attached hydrogen (secondary N) is 1. The summed E-state index contributed by atoms with van der Waals surface area (Å²) in [4.78, 5) is 24.1. The number of carboxylic acid groups (broad SMARTS) is 1. The molecule has 0 aromatic rings. The topological polar surface area (TPSA) is 88.1 Å². The third-order valence-corrected chi connectivity index (χ3v) is 3.16. The van der Waals surface area contributed by atoms with Crippen LogP contribution >= 0.6 is 0 Å². The van der Waals surface area contributed by atoms with E-state index in [9.17, 15) is 9.59 Å². The van der Waals surface area contributed by atoms with E-state index in [4.69, 9.17) is 14.6 Å². The van der Waals surface area contributed by atoms with Crippen molar-refractivity contribution in [2.24, 2.45) is 0 Å². The summed E-state index contributed by atoms with van der Waals surface area (Å²) in [5, 5.41) is 11.5. The molecule has 2 saturated heterocycles. The molecule has 2 N–H and O–H groups in total. The van der Waals surface area contributed by atoms with Crippen LogP contribution in [0.15, 0.2) is 0 Å². The van der Waals surface area contributed by atoms with Gasteiger partial charge in [0.2, 0.25) is 0 Å². The number of hydrogen-bond acceptors (Lipinski definition) is 4. The Morgan fingerprint density at radius 3 is 2.61 bits per heavy atom. The van der Waals surface area contributed by atoms with Crippen LogP contribution in [-0.2, 0) is 14.3 Å². The Morgan fingerprint density at radius 2 is 2.00 bits per heavy atom. The third kappa shape index (κ3) is 3.33. The van der Waals surface area contributed by atoms with Crippen LogP contribution in [0.1, 0.15) is 12.8 Å². The van der Waals surface area contributed by atoms with Gasteiger partial charge in [0.05, 0.1) is 19.3 Å². The Balaban J connectivity index is 1.68. The van der Waals surface area contributed by atoms with Crippen LogP contribution in [0.2, 0.25) is 0 Å². The first-order valence-electron chi connectivity index (χ1n) is 6.15.